The smallest absolute Gasteiger partial charge is 0.326 e. The van der Waals surface area contributed by atoms with Crippen LogP contribution in [-0.2, 0) is 20.9 Å². The van der Waals surface area contributed by atoms with Crippen molar-refractivity contribution in [3.8, 4) is 0 Å². The van der Waals surface area contributed by atoms with Crippen LogP contribution in [-0.4, -0.2) is 33.6 Å². The summed E-state index contributed by atoms with van der Waals surface area (Å²) in [5.41, 5.74) is 0.255. The van der Waals surface area contributed by atoms with E-state index in [1.807, 2.05) is 0 Å². The van der Waals surface area contributed by atoms with Crippen LogP contribution in [0.25, 0.3) is 10.9 Å². The molecule has 0 radical (unpaired) electrons. The topological polar surface area (TPSA) is 90.3 Å². The average Bonchev–Trinajstić information content (AvgIpc) is 2.67. The van der Waals surface area contributed by atoms with Crippen LogP contribution < -0.4 is 10.9 Å². The van der Waals surface area contributed by atoms with E-state index in [-0.39, 0.29) is 24.1 Å². The van der Waals surface area contributed by atoms with Crippen LogP contribution in [0.4, 0.5) is 0 Å². The van der Waals surface area contributed by atoms with E-state index in [4.69, 9.17) is 4.74 Å². The summed E-state index contributed by atoms with van der Waals surface area (Å²) >= 11 is 0. The molecule has 0 spiro atoms. The largest absolute Gasteiger partial charge is 0.451 e. The van der Waals surface area contributed by atoms with Crippen molar-refractivity contribution in [1.29, 1.82) is 0 Å². The van der Waals surface area contributed by atoms with Gasteiger partial charge in [-0.1, -0.05) is 38.8 Å². The van der Waals surface area contributed by atoms with Crippen molar-refractivity contribution in [3.63, 3.8) is 0 Å². The van der Waals surface area contributed by atoms with Gasteiger partial charge in [0.05, 0.1) is 17.2 Å². The molecule has 1 saturated carbocycles. The second kappa shape index (κ2) is 8.54. The lowest BCUT2D eigenvalue weighted by Crippen LogP contribution is -2.47. The maximum Gasteiger partial charge on any atom is 0.326 e. The Bertz CT molecular complexity index is 923. The van der Waals surface area contributed by atoms with Crippen LogP contribution in [0.1, 0.15) is 40.0 Å². The van der Waals surface area contributed by atoms with Gasteiger partial charge in [-0.15, -0.1) is 0 Å². The molecule has 1 heterocycles. The highest BCUT2D eigenvalue weighted by Gasteiger charge is 2.30. The van der Waals surface area contributed by atoms with Crippen molar-refractivity contribution in [1.82, 2.24) is 14.9 Å². The number of para-hydroxylation sites is 1. The molecule has 1 amide bonds. The molecule has 0 bridgehead atoms. The van der Waals surface area contributed by atoms with E-state index in [2.05, 4.69) is 24.1 Å². The maximum atomic E-state index is 12.4. The third-order valence-electron chi connectivity index (χ3n) is 5.74. The summed E-state index contributed by atoms with van der Waals surface area (Å²) < 4.78 is 6.44. The third-order valence-corrected chi connectivity index (χ3v) is 5.74. The minimum absolute atomic E-state index is 0.102. The van der Waals surface area contributed by atoms with Gasteiger partial charge in [0.2, 0.25) is 0 Å². The Morgan fingerprint density at radius 3 is 2.82 bits per heavy atom. The summed E-state index contributed by atoms with van der Waals surface area (Å²) in [6.45, 7) is 5.60. The molecule has 1 fully saturated rings. The Kier molecular flexibility index (Phi) is 6.11. The van der Waals surface area contributed by atoms with Crippen LogP contribution in [0.3, 0.4) is 0 Å². The minimum Gasteiger partial charge on any atom is -0.451 e. The number of hydrogen-bond donors (Lipinski definition) is 1. The number of nitrogens with one attached hydrogen (secondary N) is 1. The molecule has 28 heavy (non-hydrogen) atoms. The lowest BCUT2D eigenvalue weighted by molar-refractivity contribution is -0.155. The maximum absolute atomic E-state index is 12.4. The number of amides is 1. The van der Waals surface area contributed by atoms with E-state index in [1.165, 1.54) is 17.3 Å². The highest BCUT2D eigenvalue weighted by molar-refractivity contribution is 5.83. The first-order chi connectivity index (χ1) is 13.4. The molecule has 1 N–H and O–H groups in total. The molecule has 4 atom stereocenters. The molecular weight excluding hydrogens is 358 g/mol. The Morgan fingerprint density at radius 1 is 1.29 bits per heavy atom. The number of carbonyl (C=O) groups excluding carboxylic acids is 2. The van der Waals surface area contributed by atoms with Crippen molar-refractivity contribution in [2.45, 2.75) is 58.7 Å². The van der Waals surface area contributed by atoms with Gasteiger partial charge in [-0.25, -0.2) is 4.98 Å². The number of rotatable bonds is 5. The average molecular weight is 385 g/mol. The Hall–Kier alpha value is -2.70. The van der Waals surface area contributed by atoms with Crippen LogP contribution in [0.15, 0.2) is 35.4 Å². The second-order valence-electron chi connectivity index (χ2n) is 7.71. The Morgan fingerprint density at radius 2 is 2.04 bits per heavy atom. The van der Waals surface area contributed by atoms with E-state index in [1.54, 1.807) is 31.2 Å². The predicted octanol–water partition coefficient (Wildman–Crippen LogP) is 2.27. The van der Waals surface area contributed by atoms with Gasteiger partial charge in [-0.2, -0.15) is 0 Å². The van der Waals surface area contributed by atoms with Gasteiger partial charge in [0, 0.05) is 6.04 Å². The highest BCUT2D eigenvalue weighted by atomic mass is 16.5. The lowest BCUT2D eigenvalue weighted by atomic mass is 9.78. The number of fused-ring (bicyclic) bond motifs is 1. The number of benzene rings is 1. The van der Waals surface area contributed by atoms with Gasteiger partial charge in [-0.3, -0.25) is 19.0 Å². The summed E-state index contributed by atoms with van der Waals surface area (Å²) in [4.78, 5) is 41.3. The SMILES string of the molecule is C[C@@H]1[C@H](C)CCC[C@H]1NC(=O)[C@@H](C)OC(=O)Cn1cnc2ccccc2c1=O. The standard InChI is InChI=1S/C21H27N3O4/c1-13-7-6-10-17(14(13)2)23-20(26)15(3)28-19(25)11-24-12-22-18-9-5-4-8-16(18)21(24)27/h4-5,8-9,12-15,17H,6-7,10-11H2,1-3H3,(H,23,26)/t13-,14-,15-,17-/m1/s1. The number of aromatic nitrogens is 2. The fraction of sp³-hybridized carbons (Fsp3) is 0.524. The first kappa shape index (κ1) is 20.0. The predicted molar refractivity (Wildman–Crippen MR) is 106 cm³/mol. The molecule has 150 valence electrons. The first-order valence-corrected chi connectivity index (χ1v) is 9.81. The van der Waals surface area contributed by atoms with E-state index in [0.717, 1.165) is 12.8 Å². The van der Waals surface area contributed by atoms with E-state index < -0.39 is 12.1 Å². The van der Waals surface area contributed by atoms with Crippen molar-refractivity contribution in [3.05, 3.63) is 40.9 Å². The fourth-order valence-electron chi connectivity index (χ4n) is 3.73. The summed E-state index contributed by atoms with van der Waals surface area (Å²) in [6, 6.07) is 7.04. The summed E-state index contributed by atoms with van der Waals surface area (Å²) in [5.74, 6) is 0.00205. The molecule has 0 unspecified atom stereocenters. The number of carbonyl (C=O) groups is 2. The first-order valence-electron chi connectivity index (χ1n) is 9.81. The monoisotopic (exact) mass is 385 g/mol. The number of hydrogen-bond acceptors (Lipinski definition) is 5. The zero-order chi connectivity index (χ0) is 20.3. The third kappa shape index (κ3) is 4.40. The number of ether oxygens (including phenoxy) is 1. The number of esters is 1. The minimum atomic E-state index is -0.916. The zero-order valence-corrected chi connectivity index (χ0v) is 16.6. The lowest BCUT2D eigenvalue weighted by Gasteiger charge is -2.35. The molecule has 7 nitrogen and oxygen atoms in total. The molecule has 3 rings (SSSR count). The zero-order valence-electron chi connectivity index (χ0n) is 16.6. The van der Waals surface area contributed by atoms with Crippen molar-refractivity contribution in [2.75, 3.05) is 0 Å². The fourth-order valence-corrected chi connectivity index (χ4v) is 3.73. The van der Waals surface area contributed by atoms with Gasteiger partial charge in [0.25, 0.3) is 11.5 Å². The molecule has 7 heteroatoms. The second-order valence-corrected chi connectivity index (χ2v) is 7.71. The van der Waals surface area contributed by atoms with Gasteiger partial charge in [0.1, 0.15) is 6.54 Å². The van der Waals surface area contributed by atoms with Gasteiger partial charge in [-0.05, 0) is 37.3 Å². The molecule has 0 saturated heterocycles. The van der Waals surface area contributed by atoms with Gasteiger partial charge in [0.15, 0.2) is 6.10 Å². The van der Waals surface area contributed by atoms with Crippen molar-refractivity contribution >= 4 is 22.8 Å². The quantitative estimate of drug-likeness (QED) is 0.798. The Labute approximate surface area is 164 Å². The van der Waals surface area contributed by atoms with Crippen LogP contribution >= 0.6 is 0 Å². The van der Waals surface area contributed by atoms with Crippen LogP contribution in [0.2, 0.25) is 0 Å². The van der Waals surface area contributed by atoms with E-state index >= 15 is 0 Å². The van der Waals surface area contributed by atoms with Gasteiger partial charge < -0.3 is 10.1 Å². The molecule has 2 aromatic rings. The summed E-state index contributed by atoms with van der Waals surface area (Å²) in [6.07, 6.45) is 3.61. The normalized spacial score (nSPS) is 23.2. The van der Waals surface area contributed by atoms with E-state index in [9.17, 15) is 14.4 Å². The van der Waals surface area contributed by atoms with Crippen molar-refractivity contribution in [2.24, 2.45) is 11.8 Å². The van der Waals surface area contributed by atoms with Crippen molar-refractivity contribution < 1.29 is 14.3 Å². The summed E-state index contributed by atoms with van der Waals surface area (Å²) in [7, 11) is 0. The molecular formula is C21H27N3O4. The summed E-state index contributed by atoms with van der Waals surface area (Å²) in [5, 5.41) is 3.44. The molecule has 1 aliphatic carbocycles. The number of nitrogens with zero attached hydrogens (tertiary/aromatic N) is 2. The van der Waals surface area contributed by atoms with Crippen LogP contribution in [0, 0.1) is 11.8 Å². The van der Waals surface area contributed by atoms with E-state index in [0.29, 0.717) is 22.7 Å². The Balaban J connectivity index is 1.59. The molecule has 1 aliphatic rings. The van der Waals surface area contributed by atoms with Crippen LogP contribution in [0.5, 0.6) is 0 Å². The molecule has 1 aromatic carbocycles. The highest BCUT2D eigenvalue weighted by Crippen LogP contribution is 2.29. The molecule has 1 aromatic heterocycles. The molecule has 0 aliphatic heterocycles. The van der Waals surface area contributed by atoms with Gasteiger partial charge >= 0.3 is 5.97 Å².